The molecule has 3 rings (SSSR count). The molecule has 0 saturated carbocycles. The van der Waals surface area contributed by atoms with Crippen molar-refractivity contribution in [3.05, 3.63) is 86.3 Å². The third kappa shape index (κ3) is 5.24. The number of halogens is 3. The molecule has 1 aromatic carbocycles. The molecule has 162 valence electrons. The van der Waals surface area contributed by atoms with Crippen molar-refractivity contribution in [3.63, 3.8) is 0 Å². The van der Waals surface area contributed by atoms with Crippen LogP contribution >= 0.6 is 11.6 Å². The van der Waals surface area contributed by atoms with Crippen LogP contribution in [-0.2, 0) is 17.9 Å². The summed E-state index contributed by atoms with van der Waals surface area (Å²) in [5.41, 5.74) is 0.588. The van der Waals surface area contributed by atoms with Gasteiger partial charge in [0.25, 0.3) is 5.56 Å². The van der Waals surface area contributed by atoms with Crippen LogP contribution in [0.15, 0.2) is 41.5 Å². The van der Waals surface area contributed by atoms with Crippen LogP contribution < -0.4 is 10.3 Å². The zero-order chi connectivity index (χ0) is 22.5. The van der Waals surface area contributed by atoms with Crippen LogP contribution in [0, 0.1) is 18.6 Å². The van der Waals surface area contributed by atoms with Crippen LogP contribution in [-0.4, -0.2) is 27.1 Å². The lowest BCUT2D eigenvalue weighted by Gasteiger charge is -2.14. The maximum Gasteiger partial charge on any atom is 0.358 e. The van der Waals surface area contributed by atoms with E-state index in [0.29, 0.717) is 11.4 Å². The minimum atomic E-state index is -0.758. The van der Waals surface area contributed by atoms with Crippen LogP contribution in [0.1, 0.15) is 34.4 Å². The van der Waals surface area contributed by atoms with E-state index in [2.05, 4.69) is 9.97 Å². The van der Waals surface area contributed by atoms with Crippen LogP contribution in [0.5, 0.6) is 5.75 Å². The number of rotatable bonds is 7. The normalized spacial score (nSPS) is 10.7. The Morgan fingerprint density at radius 3 is 2.61 bits per heavy atom. The van der Waals surface area contributed by atoms with Crippen molar-refractivity contribution in [1.29, 1.82) is 0 Å². The maximum absolute atomic E-state index is 13.8. The highest BCUT2D eigenvalue weighted by Crippen LogP contribution is 2.24. The summed E-state index contributed by atoms with van der Waals surface area (Å²) in [5.74, 6) is -1.97. The highest BCUT2D eigenvalue weighted by atomic mass is 35.5. The first-order valence-corrected chi connectivity index (χ1v) is 9.62. The fourth-order valence-corrected chi connectivity index (χ4v) is 2.93. The third-order valence-electron chi connectivity index (χ3n) is 4.32. The first-order chi connectivity index (χ1) is 14.8. The summed E-state index contributed by atoms with van der Waals surface area (Å²) in [6, 6.07) is 4.65. The van der Waals surface area contributed by atoms with Gasteiger partial charge in [-0.05, 0) is 26.0 Å². The van der Waals surface area contributed by atoms with Crippen molar-refractivity contribution in [2.24, 2.45) is 0 Å². The average Bonchev–Trinajstić information content (AvgIpc) is 2.74. The van der Waals surface area contributed by atoms with Crippen LogP contribution in [0.4, 0.5) is 8.78 Å². The molecule has 0 unspecified atom stereocenters. The highest BCUT2D eigenvalue weighted by Gasteiger charge is 2.15. The Balaban J connectivity index is 1.78. The topological polar surface area (TPSA) is 83.3 Å². The number of aromatic nitrogens is 3. The van der Waals surface area contributed by atoms with Gasteiger partial charge in [-0.25, -0.2) is 18.6 Å². The molecular formula is C21H18ClF2N3O4. The van der Waals surface area contributed by atoms with Gasteiger partial charge < -0.3 is 14.0 Å². The Labute approximate surface area is 181 Å². The smallest absolute Gasteiger partial charge is 0.358 e. The van der Waals surface area contributed by atoms with Crippen molar-refractivity contribution >= 4 is 17.6 Å². The van der Waals surface area contributed by atoms with Crippen molar-refractivity contribution in [2.45, 2.75) is 27.0 Å². The minimum absolute atomic E-state index is 0.0597. The standard InChI is InChI=1S/C21H18ClF2N3O4/c1-3-30-21(29)17-9-25-15(8-26-17)10-27-12(2)6-18(19(22)20(27)28)31-11-13-4-5-14(23)7-16(13)24/h4-9H,3,10-11H2,1-2H3. The SMILES string of the molecule is CCOC(=O)c1cnc(Cn2c(C)cc(OCc3ccc(F)cc3F)c(Cl)c2=O)cn1. The van der Waals surface area contributed by atoms with E-state index >= 15 is 0 Å². The summed E-state index contributed by atoms with van der Waals surface area (Å²) in [6.07, 6.45) is 2.64. The van der Waals surface area contributed by atoms with Crippen LogP contribution in [0.2, 0.25) is 5.02 Å². The fraction of sp³-hybridized carbons (Fsp3) is 0.238. The molecule has 0 amide bonds. The summed E-state index contributed by atoms with van der Waals surface area (Å²) in [7, 11) is 0. The molecule has 0 aliphatic carbocycles. The Hall–Kier alpha value is -3.33. The van der Waals surface area contributed by atoms with E-state index in [4.69, 9.17) is 21.1 Å². The number of aryl methyl sites for hydroxylation is 1. The third-order valence-corrected chi connectivity index (χ3v) is 4.67. The van der Waals surface area contributed by atoms with Gasteiger partial charge in [0.15, 0.2) is 5.69 Å². The molecule has 2 aromatic heterocycles. The molecular weight excluding hydrogens is 432 g/mol. The number of nitrogens with zero attached hydrogens (tertiary/aromatic N) is 3. The molecule has 0 radical (unpaired) electrons. The van der Waals surface area contributed by atoms with Gasteiger partial charge >= 0.3 is 5.97 Å². The number of hydrogen-bond donors (Lipinski definition) is 0. The van der Waals surface area contributed by atoms with Gasteiger partial charge in [0, 0.05) is 23.4 Å². The highest BCUT2D eigenvalue weighted by molar-refractivity contribution is 6.31. The predicted octanol–water partition coefficient (Wildman–Crippen LogP) is 3.68. The van der Waals surface area contributed by atoms with E-state index in [1.54, 1.807) is 13.8 Å². The first kappa shape index (κ1) is 22.4. The summed E-state index contributed by atoms with van der Waals surface area (Å²) in [5, 5.41) is -0.191. The second-order valence-corrected chi connectivity index (χ2v) is 6.87. The molecule has 0 spiro atoms. The Morgan fingerprint density at radius 1 is 1.19 bits per heavy atom. The lowest BCUT2D eigenvalue weighted by atomic mass is 10.2. The van der Waals surface area contributed by atoms with E-state index in [0.717, 1.165) is 12.1 Å². The van der Waals surface area contributed by atoms with Crippen LogP contribution in [0.3, 0.4) is 0 Å². The lowest BCUT2D eigenvalue weighted by molar-refractivity contribution is 0.0519. The lowest BCUT2D eigenvalue weighted by Crippen LogP contribution is -2.24. The minimum Gasteiger partial charge on any atom is -0.487 e. The Morgan fingerprint density at radius 2 is 1.97 bits per heavy atom. The first-order valence-electron chi connectivity index (χ1n) is 9.24. The van der Waals surface area contributed by atoms with E-state index < -0.39 is 23.2 Å². The van der Waals surface area contributed by atoms with E-state index in [1.165, 1.54) is 29.1 Å². The molecule has 10 heteroatoms. The molecule has 0 N–H and O–H groups in total. The van der Waals surface area contributed by atoms with Gasteiger partial charge in [-0.3, -0.25) is 9.78 Å². The molecule has 3 aromatic rings. The molecule has 0 atom stereocenters. The van der Waals surface area contributed by atoms with Crippen molar-refractivity contribution in [3.8, 4) is 5.75 Å². The van der Waals surface area contributed by atoms with E-state index in [1.807, 2.05) is 0 Å². The van der Waals surface area contributed by atoms with E-state index in [9.17, 15) is 18.4 Å². The molecule has 0 fully saturated rings. The Kier molecular flexibility index (Phi) is 6.96. The van der Waals surface area contributed by atoms with E-state index in [-0.39, 0.29) is 41.8 Å². The molecule has 0 aliphatic rings. The predicted molar refractivity (Wildman–Crippen MR) is 108 cm³/mol. The number of pyridine rings is 1. The quantitative estimate of drug-likeness (QED) is 0.512. The second kappa shape index (κ2) is 9.65. The number of carbonyl (C=O) groups is 1. The summed E-state index contributed by atoms with van der Waals surface area (Å²) < 4.78 is 38.5. The molecule has 2 heterocycles. The number of benzene rings is 1. The Bertz CT molecular complexity index is 1170. The van der Waals surface area contributed by atoms with Gasteiger partial charge in [0.2, 0.25) is 0 Å². The van der Waals surface area contributed by atoms with Gasteiger partial charge in [-0.15, -0.1) is 0 Å². The largest absolute Gasteiger partial charge is 0.487 e. The van der Waals surface area contributed by atoms with Crippen molar-refractivity contribution in [2.75, 3.05) is 6.61 Å². The van der Waals surface area contributed by atoms with Crippen molar-refractivity contribution < 1.29 is 23.0 Å². The molecule has 0 saturated heterocycles. The van der Waals surface area contributed by atoms with Crippen LogP contribution in [0.25, 0.3) is 0 Å². The maximum atomic E-state index is 13.8. The zero-order valence-electron chi connectivity index (χ0n) is 16.7. The van der Waals surface area contributed by atoms with Gasteiger partial charge in [-0.2, -0.15) is 0 Å². The number of ether oxygens (including phenoxy) is 2. The monoisotopic (exact) mass is 449 g/mol. The second-order valence-electron chi connectivity index (χ2n) is 6.49. The molecule has 7 nitrogen and oxygen atoms in total. The number of hydrogen-bond acceptors (Lipinski definition) is 6. The summed E-state index contributed by atoms with van der Waals surface area (Å²) in [4.78, 5) is 32.5. The summed E-state index contributed by atoms with van der Waals surface area (Å²) in [6.45, 7) is 3.41. The summed E-state index contributed by atoms with van der Waals surface area (Å²) >= 11 is 6.16. The van der Waals surface area contributed by atoms with Gasteiger partial charge in [0.1, 0.15) is 29.0 Å². The zero-order valence-corrected chi connectivity index (χ0v) is 17.4. The average molecular weight is 450 g/mol. The molecule has 31 heavy (non-hydrogen) atoms. The number of carbonyl (C=O) groups excluding carboxylic acids is 1. The fourth-order valence-electron chi connectivity index (χ4n) is 2.72. The van der Waals surface area contributed by atoms with Gasteiger partial charge in [-0.1, -0.05) is 11.6 Å². The van der Waals surface area contributed by atoms with Crippen molar-refractivity contribution in [1.82, 2.24) is 14.5 Å². The molecule has 0 bridgehead atoms. The number of esters is 1. The van der Waals surface area contributed by atoms with Gasteiger partial charge in [0.05, 0.1) is 31.2 Å². The molecule has 0 aliphatic heterocycles.